The van der Waals surface area contributed by atoms with Crippen LogP contribution in [0, 0.1) is 0 Å². The zero-order chi connectivity index (χ0) is 18.6. The number of halogens is 1. The number of rotatable bonds is 3. The van der Waals surface area contributed by atoms with Crippen LogP contribution in [0.25, 0.3) is 0 Å². The Kier molecular flexibility index (Phi) is 5.80. The zero-order valence-electron chi connectivity index (χ0n) is 14.1. The van der Waals surface area contributed by atoms with Gasteiger partial charge in [-0.1, -0.05) is 35.9 Å². The highest BCUT2D eigenvalue weighted by Crippen LogP contribution is 2.19. The molecule has 0 aliphatic carbocycles. The molecular weight excluding hydrogens is 374 g/mol. The van der Waals surface area contributed by atoms with E-state index in [2.05, 4.69) is 5.32 Å². The second-order valence-corrected chi connectivity index (χ2v) is 8.37. The van der Waals surface area contributed by atoms with Crippen LogP contribution in [0.1, 0.15) is 6.42 Å². The summed E-state index contributed by atoms with van der Waals surface area (Å²) < 4.78 is 26.9. The third-order valence-corrected chi connectivity index (χ3v) is 6.35. The lowest BCUT2D eigenvalue weighted by Crippen LogP contribution is -2.39. The molecule has 1 fully saturated rings. The molecule has 138 valence electrons. The summed E-state index contributed by atoms with van der Waals surface area (Å²) in [5, 5.41) is 3.34. The van der Waals surface area contributed by atoms with Gasteiger partial charge in [0.15, 0.2) is 0 Å². The summed E-state index contributed by atoms with van der Waals surface area (Å²) in [6.45, 7) is 1.48. The SMILES string of the molecule is O=C(Nc1cccc(Cl)c1)N1CCCN(S(=O)(=O)c2ccccc2)CC1. The number of amides is 2. The van der Waals surface area contributed by atoms with Gasteiger partial charge in [0.05, 0.1) is 4.90 Å². The van der Waals surface area contributed by atoms with Gasteiger partial charge in [-0.25, -0.2) is 13.2 Å². The molecule has 26 heavy (non-hydrogen) atoms. The lowest BCUT2D eigenvalue weighted by Gasteiger charge is -2.22. The van der Waals surface area contributed by atoms with Gasteiger partial charge >= 0.3 is 6.03 Å². The highest BCUT2D eigenvalue weighted by molar-refractivity contribution is 7.89. The molecule has 0 radical (unpaired) electrons. The predicted molar refractivity (Wildman–Crippen MR) is 102 cm³/mol. The van der Waals surface area contributed by atoms with Gasteiger partial charge in [-0.15, -0.1) is 0 Å². The maximum Gasteiger partial charge on any atom is 0.321 e. The Labute approximate surface area is 158 Å². The van der Waals surface area contributed by atoms with E-state index in [-0.39, 0.29) is 17.5 Å². The van der Waals surface area contributed by atoms with Gasteiger partial charge in [-0.2, -0.15) is 4.31 Å². The van der Waals surface area contributed by atoms with E-state index in [1.54, 1.807) is 59.5 Å². The molecule has 2 amide bonds. The van der Waals surface area contributed by atoms with E-state index >= 15 is 0 Å². The first-order chi connectivity index (χ1) is 12.5. The summed E-state index contributed by atoms with van der Waals surface area (Å²) in [6.07, 6.45) is 0.578. The normalized spacial score (nSPS) is 16.1. The first-order valence-corrected chi connectivity index (χ1v) is 10.2. The second-order valence-electron chi connectivity index (χ2n) is 6.00. The fourth-order valence-corrected chi connectivity index (χ4v) is 4.53. The Morgan fingerprint density at radius 3 is 2.46 bits per heavy atom. The highest BCUT2D eigenvalue weighted by atomic mass is 35.5. The fourth-order valence-electron chi connectivity index (χ4n) is 2.85. The van der Waals surface area contributed by atoms with Crippen LogP contribution < -0.4 is 5.32 Å². The average molecular weight is 394 g/mol. The Hall–Kier alpha value is -2.09. The minimum Gasteiger partial charge on any atom is -0.323 e. The molecule has 1 heterocycles. The van der Waals surface area contributed by atoms with Crippen molar-refractivity contribution in [3.63, 3.8) is 0 Å². The van der Waals surface area contributed by atoms with Crippen molar-refractivity contribution in [2.24, 2.45) is 0 Å². The molecule has 0 bridgehead atoms. The van der Waals surface area contributed by atoms with Crippen molar-refractivity contribution in [3.8, 4) is 0 Å². The smallest absolute Gasteiger partial charge is 0.321 e. The fraction of sp³-hybridized carbons (Fsp3) is 0.278. The molecule has 0 atom stereocenters. The molecule has 1 aliphatic heterocycles. The average Bonchev–Trinajstić information content (AvgIpc) is 2.89. The van der Waals surface area contributed by atoms with Crippen LogP contribution in [0.4, 0.5) is 10.5 Å². The van der Waals surface area contributed by atoms with Crippen LogP contribution in [-0.2, 0) is 10.0 Å². The van der Waals surface area contributed by atoms with Crippen molar-refractivity contribution in [1.29, 1.82) is 0 Å². The summed E-state index contributed by atoms with van der Waals surface area (Å²) >= 11 is 5.93. The minimum absolute atomic E-state index is 0.258. The summed E-state index contributed by atoms with van der Waals surface area (Å²) in [5.74, 6) is 0. The summed E-state index contributed by atoms with van der Waals surface area (Å²) in [7, 11) is -3.54. The van der Waals surface area contributed by atoms with E-state index in [9.17, 15) is 13.2 Å². The van der Waals surface area contributed by atoms with Crippen LogP contribution in [0.15, 0.2) is 59.5 Å². The Morgan fingerprint density at radius 2 is 1.73 bits per heavy atom. The van der Waals surface area contributed by atoms with Crippen LogP contribution in [0.3, 0.4) is 0 Å². The van der Waals surface area contributed by atoms with Crippen molar-refractivity contribution < 1.29 is 13.2 Å². The van der Waals surface area contributed by atoms with Crippen LogP contribution in [0.2, 0.25) is 5.02 Å². The quantitative estimate of drug-likeness (QED) is 0.870. The largest absolute Gasteiger partial charge is 0.323 e. The third-order valence-electron chi connectivity index (χ3n) is 4.20. The monoisotopic (exact) mass is 393 g/mol. The lowest BCUT2D eigenvalue weighted by atomic mass is 10.3. The molecular formula is C18H20ClN3O3S. The van der Waals surface area contributed by atoms with Crippen LogP contribution in [0.5, 0.6) is 0 Å². The Bertz CT molecular complexity index is 874. The molecule has 0 saturated carbocycles. The third kappa shape index (κ3) is 4.35. The van der Waals surface area contributed by atoms with Crippen molar-refractivity contribution in [2.45, 2.75) is 11.3 Å². The standard InChI is InChI=1S/C18H20ClN3O3S/c19-15-6-4-7-16(14-15)20-18(23)21-10-5-11-22(13-12-21)26(24,25)17-8-2-1-3-9-17/h1-4,6-9,14H,5,10-13H2,(H,20,23). The molecule has 1 saturated heterocycles. The van der Waals surface area contributed by atoms with Gasteiger partial charge in [0, 0.05) is 36.9 Å². The number of carbonyl (C=O) groups is 1. The van der Waals surface area contributed by atoms with Gasteiger partial charge in [-0.3, -0.25) is 0 Å². The topological polar surface area (TPSA) is 69.7 Å². The van der Waals surface area contributed by atoms with E-state index in [0.29, 0.717) is 36.8 Å². The number of benzene rings is 2. The minimum atomic E-state index is -3.54. The molecule has 3 rings (SSSR count). The van der Waals surface area contributed by atoms with Crippen molar-refractivity contribution in [3.05, 3.63) is 59.6 Å². The number of urea groups is 1. The van der Waals surface area contributed by atoms with E-state index in [0.717, 1.165) is 0 Å². The van der Waals surface area contributed by atoms with Crippen molar-refractivity contribution in [1.82, 2.24) is 9.21 Å². The first-order valence-electron chi connectivity index (χ1n) is 8.33. The molecule has 2 aromatic carbocycles. The molecule has 8 heteroatoms. The zero-order valence-corrected chi connectivity index (χ0v) is 15.7. The van der Waals surface area contributed by atoms with Crippen molar-refractivity contribution in [2.75, 3.05) is 31.5 Å². The number of sulfonamides is 1. The number of carbonyl (C=O) groups excluding carboxylic acids is 1. The number of nitrogens with zero attached hydrogens (tertiary/aromatic N) is 2. The first kappa shape index (κ1) is 18.7. The number of hydrogen-bond donors (Lipinski definition) is 1. The molecule has 0 spiro atoms. The van der Waals surface area contributed by atoms with E-state index < -0.39 is 10.0 Å². The van der Waals surface area contributed by atoms with Crippen LogP contribution >= 0.6 is 11.6 Å². The molecule has 0 aromatic heterocycles. The maximum atomic E-state index is 12.7. The van der Waals surface area contributed by atoms with Gasteiger partial charge < -0.3 is 10.2 Å². The maximum absolute atomic E-state index is 12.7. The number of nitrogens with one attached hydrogen (secondary N) is 1. The van der Waals surface area contributed by atoms with E-state index in [4.69, 9.17) is 11.6 Å². The molecule has 0 unspecified atom stereocenters. The Balaban J connectivity index is 1.65. The van der Waals surface area contributed by atoms with Gasteiger partial charge in [0.25, 0.3) is 0 Å². The summed E-state index contributed by atoms with van der Waals surface area (Å²) in [6, 6.07) is 15.0. The van der Waals surface area contributed by atoms with Crippen molar-refractivity contribution >= 4 is 33.3 Å². The van der Waals surface area contributed by atoms with Gasteiger partial charge in [-0.05, 0) is 36.8 Å². The Morgan fingerprint density at radius 1 is 0.962 bits per heavy atom. The van der Waals surface area contributed by atoms with Gasteiger partial charge in [0.2, 0.25) is 10.0 Å². The highest BCUT2D eigenvalue weighted by Gasteiger charge is 2.28. The molecule has 1 N–H and O–H groups in total. The van der Waals surface area contributed by atoms with Crippen LogP contribution in [-0.4, -0.2) is 49.8 Å². The summed E-state index contributed by atoms with van der Waals surface area (Å²) in [5.41, 5.74) is 0.612. The predicted octanol–water partition coefficient (Wildman–Crippen LogP) is 3.27. The molecule has 6 nitrogen and oxygen atoms in total. The molecule has 1 aliphatic rings. The number of hydrogen-bond acceptors (Lipinski definition) is 3. The number of anilines is 1. The van der Waals surface area contributed by atoms with E-state index in [1.165, 1.54) is 4.31 Å². The second kappa shape index (κ2) is 8.07. The van der Waals surface area contributed by atoms with E-state index in [1.807, 2.05) is 0 Å². The lowest BCUT2D eigenvalue weighted by molar-refractivity contribution is 0.214. The molecule has 2 aromatic rings. The van der Waals surface area contributed by atoms with Gasteiger partial charge in [0.1, 0.15) is 0 Å². The summed E-state index contributed by atoms with van der Waals surface area (Å²) in [4.78, 5) is 14.4.